The minimum absolute atomic E-state index is 1.15. The zero-order chi connectivity index (χ0) is 5.84. The fourth-order valence-electron chi connectivity index (χ4n) is 1.74. The second-order valence-corrected chi connectivity index (χ2v) is 5.10. The van der Waals surface area contributed by atoms with Gasteiger partial charge in [0.25, 0.3) is 0 Å². The van der Waals surface area contributed by atoms with Crippen molar-refractivity contribution in [2.24, 2.45) is 11.8 Å². The Balaban J connectivity index is 1.61. The molecule has 3 rings (SSSR count). The van der Waals surface area contributed by atoms with Crippen LogP contribution in [-0.4, -0.2) is 10.5 Å². The van der Waals surface area contributed by atoms with E-state index in [0.717, 1.165) is 10.5 Å². The van der Waals surface area contributed by atoms with Crippen molar-refractivity contribution < 1.29 is 0 Å². The molecule has 0 aromatic rings. The van der Waals surface area contributed by atoms with Crippen LogP contribution >= 0.6 is 11.8 Å². The van der Waals surface area contributed by atoms with Gasteiger partial charge in [-0.05, 0) is 37.5 Å². The fourth-order valence-corrected chi connectivity index (χ4v) is 3.45. The first-order valence-electron chi connectivity index (χ1n) is 4.10. The molecule has 0 aromatic heterocycles. The molecule has 0 nitrogen and oxygen atoms in total. The van der Waals surface area contributed by atoms with Gasteiger partial charge in [-0.3, -0.25) is 0 Å². The molecule has 50 valence electrons. The molecule has 0 bridgehead atoms. The van der Waals surface area contributed by atoms with Gasteiger partial charge in [-0.2, -0.15) is 11.8 Å². The van der Waals surface area contributed by atoms with Crippen LogP contribution in [0.15, 0.2) is 0 Å². The van der Waals surface area contributed by atoms with Crippen LogP contribution in [0.1, 0.15) is 25.7 Å². The Morgan fingerprint density at radius 1 is 0.778 bits per heavy atom. The molecule has 1 heterocycles. The number of hydrogen-bond donors (Lipinski definition) is 0. The first kappa shape index (κ1) is 5.06. The summed E-state index contributed by atoms with van der Waals surface area (Å²) in [4.78, 5) is 0. The molecule has 1 heteroatoms. The monoisotopic (exact) mass is 140 g/mol. The molecular weight excluding hydrogens is 128 g/mol. The van der Waals surface area contributed by atoms with Gasteiger partial charge in [0.1, 0.15) is 0 Å². The smallest absolute Gasteiger partial charge is 0.0200 e. The van der Waals surface area contributed by atoms with E-state index in [-0.39, 0.29) is 0 Å². The maximum absolute atomic E-state index is 2.28. The average Bonchev–Trinajstić information content (AvgIpc) is 2.67. The topological polar surface area (TPSA) is 0 Å². The Hall–Kier alpha value is 0.350. The van der Waals surface area contributed by atoms with Crippen LogP contribution in [0.4, 0.5) is 0 Å². The molecule has 9 heavy (non-hydrogen) atoms. The maximum atomic E-state index is 2.28. The number of hydrogen-bond acceptors (Lipinski definition) is 1. The van der Waals surface area contributed by atoms with E-state index >= 15 is 0 Å². The number of rotatable bonds is 2. The lowest BCUT2D eigenvalue weighted by atomic mass is 10.2. The lowest BCUT2D eigenvalue weighted by molar-refractivity contribution is 0.723. The highest BCUT2D eigenvalue weighted by molar-refractivity contribution is 8.07. The predicted molar refractivity (Wildman–Crippen MR) is 40.6 cm³/mol. The van der Waals surface area contributed by atoms with Crippen LogP contribution in [0.2, 0.25) is 0 Å². The van der Waals surface area contributed by atoms with Crippen LogP contribution in [0.3, 0.4) is 0 Å². The Morgan fingerprint density at radius 2 is 1.22 bits per heavy atom. The first-order valence-corrected chi connectivity index (χ1v) is 5.05. The van der Waals surface area contributed by atoms with Crippen molar-refractivity contribution in [1.82, 2.24) is 0 Å². The van der Waals surface area contributed by atoms with E-state index in [4.69, 9.17) is 0 Å². The standard InChI is InChI=1S/C8H12S/c1-2-5(1)7-8(9-7)6-3-4-6/h5-8H,1-4H2. The molecule has 1 aliphatic heterocycles. The van der Waals surface area contributed by atoms with Gasteiger partial charge in [0.15, 0.2) is 0 Å². The molecule has 0 radical (unpaired) electrons. The third-order valence-electron chi connectivity index (χ3n) is 2.73. The van der Waals surface area contributed by atoms with E-state index in [9.17, 15) is 0 Å². The Morgan fingerprint density at radius 3 is 1.56 bits per heavy atom. The largest absolute Gasteiger partial charge is 0.152 e. The van der Waals surface area contributed by atoms with Gasteiger partial charge in [0.05, 0.1) is 0 Å². The van der Waals surface area contributed by atoms with Crippen LogP contribution < -0.4 is 0 Å². The highest BCUT2D eigenvalue weighted by Crippen LogP contribution is 2.62. The van der Waals surface area contributed by atoms with Crippen molar-refractivity contribution in [3.8, 4) is 0 Å². The summed E-state index contributed by atoms with van der Waals surface area (Å²) in [5.74, 6) is 2.36. The van der Waals surface area contributed by atoms with Crippen LogP contribution in [0, 0.1) is 11.8 Å². The quantitative estimate of drug-likeness (QED) is 0.530. The number of thioether (sulfide) groups is 1. The van der Waals surface area contributed by atoms with E-state index < -0.39 is 0 Å². The lowest BCUT2D eigenvalue weighted by Gasteiger charge is -1.87. The van der Waals surface area contributed by atoms with Crippen molar-refractivity contribution in [3.63, 3.8) is 0 Å². The van der Waals surface area contributed by atoms with Crippen LogP contribution in [0.5, 0.6) is 0 Å². The minimum Gasteiger partial charge on any atom is -0.152 e. The van der Waals surface area contributed by atoms with Crippen molar-refractivity contribution in [2.75, 3.05) is 0 Å². The Bertz CT molecular complexity index is 120. The molecule has 3 aliphatic rings. The minimum atomic E-state index is 1.15. The highest BCUT2D eigenvalue weighted by atomic mass is 32.2. The molecular formula is C8H12S. The second kappa shape index (κ2) is 1.50. The van der Waals surface area contributed by atoms with Crippen LogP contribution in [-0.2, 0) is 0 Å². The zero-order valence-electron chi connectivity index (χ0n) is 5.55. The molecule has 2 unspecified atom stereocenters. The zero-order valence-corrected chi connectivity index (χ0v) is 6.36. The molecule has 2 saturated carbocycles. The van der Waals surface area contributed by atoms with Gasteiger partial charge in [0, 0.05) is 10.5 Å². The van der Waals surface area contributed by atoms with E-state index in [1.54, 1.807) is 25.7 Å². The summed E-state index contributed by atoms with van der Waals surface area (Å²) < 4.78 is 0. The third kappa shape index (κ3) is 0.813. The lowest BCUT2D eigenvalue weighted by Crippen LogP contribution is -1.96. The molecule has 3 fully saturated rings. The van der Waals surface area contributed by atoms with E-state index in [0.29, 0.717) is 0 Å². The van der Waals surface area contributed by atoms with Gasteiger partial charge in [0.2, 0.25) is 0 Å². The third-order valence-corrected chi connectivity index (χ3v) is 4.41. The average molecular weight is 140 g/mol. The van der Waals surface area contributed by atoms with E-state index in [2.05, 4.69) is 11.8 Å². The summed E-state index contributed by atoms with van der Waals surface area (Å²) in [6.07, 6.45) is 6.23. The Labute approximate surface area is 60.4 Å². The van der Waals surface area contributed by atoms with Crippen molar-refractivity contribution in [1.29, 1.82) is 0 Å². The summed E-state index contributed by atoms with van der Waals surface area (Å²) in [6, 6.07) is 0. The highest BCUT2D eigenvalue weighted by Gasteiger charge is 2.54. The Kier molecular flexibility index (Phi) is 0.843. The van der Waals surface area contributed by atoms with E-state index in [1.807, 2.05) is 0 Å². The van der Waals surface area contributed by atoms with Gasteiger partial charge >= 0.3 is 0 Å². The normalized spacial score (nSPS) is 49.3. The summed E-state index contributed by atoms with van der Waals surface area (Å²) in [6.45, 7) is 0. The van der Waals surface area contributed by atoms with Crippen LogP contribution in [0.25, 0.3) is 0 Å². The molecule has 0 N–H and O–H groups in total. The molecule has 0 aromatic carbocycles. The van der Waals surface area contributed by atoms with Gasteiger partial charge in [-0.15, -0.1) is 0 Å². The molecule has 2 atom stereocenters. The maximum Gasteiger partial charge on any atom is 0.0200 e. The predicted octanol–water partition coefficient (Wildman–Crippen LogP) is 2.29. The summed E-state index contributed by atoms with van der Waals surface area (Å²) in [5.41, 5.74) is 0. The summed E-state index contributed by atoms with van der Waals surface area (Å²) in [5, 5.41) is 2.30. The fraction of sp³-hybridized carbons (Fsp3) is 1.00. The molecule has 0 spiro atoms. The molecule has 0 amide bonds. The molecule has 1 saturated heterocycles. The summed E-state index contributed by atoms with van der Waals surface area (Å²) >= 11 is 2.28. The first-order chi connectivity index (χ1) is 4.45. The summed E-state index contributed by atoms with van der Waals surface area (Å²) in [7, 11) is 0. The molecule has 2 aliphatic carbocycles. The van der Waals surface area contributed by atoms with Gasteiger partial charge in [-0.1, -0.05) is 0 Å². The van der Waals surface area contributed by atoms with Gasteiger partial charge in [-0.25, -0.2) is 0 Å². The van der Waals surface area contributed by atoms with Crippen molar-refractivity contribution >= 4 is 11.8 Å². The SMILES string of the molecule is C1CC1C1SC1C1CC1. The van der Waals surface area contributed by atoms with Gasteiger partial charge < -0.3 is 0 Å². The second-order valence-electron chi connectivity index (χ2n) is 3.74. The van der Waals surface area contributed by atoms with E-state index in [1.165, 1.54) is 11.8 Å². The van der Waals surface area contributed by atoms with Crippen molar-refractivity contribution in [2.45, 2.75) is 36.2 Å². The van der Waals surface area contributed by atoms with Crippen molar-refractivity contribution in [3.05, 3.63) is 0 Å².